The number of imidazole rings is 1. The minimum atomic E-state index is -0.678. The number of nitrogens with one attached hydrogen (secondary N) is 1. The molecule has 1 amide bonds. The highest BCUT2D eigenvalue weighted by atomic mass is 16.6. The van der Waals surface area contributed by atoms with Gasteiger partial charge in [0.25, 0.3) is 5.91 Å². The largest absolute Gasteiger partial charge is 0.485 e. The summed E-state index contributed by atoms with van der Waals surface area (Å²) in [4.78, 5) is 20.8. The van der Waals surface area contributed by atoms with E-state index in [9.17, 15) is 4.79 Å². The number of fused-ring (bicyclic) bond motifs is 1. The van der Waals surface area contributed by atoms with Crippen LogP contribution in [-0.4, -0.2) is 33.2 Å². The number of carbonyl (C=O) groups is 1. The van der Waals surface area contributed by atoms with E-state index in [0.717, 1.165) is 11.4 Å². The third-order valence-electron chi connectivity index (χ3n) is 3.87. The highest BCUT2D eigenvalue weighted by Crippen LogP contribution is 2.30. The minimum Gasteiger partial charge on any atom is -0.485 e. The lowest BCUT2D eigenvalue weighted by Crippen LogP contribution is -2.43. The second kappa shape index (κ2) is 6.64. The number of aromatic nitrogens is 3. The van der Waals surface area contributed by atoms with Gasteiger partial charge in [-0.05, 0) is 18.2 Å². The van der Waals surface area contributed by atoms with Gasteiger partial charge in [0.15, 0.2) is 11.5 Å². The summed E-state index contributed by atoms with van der Waals surface area (Å²) in [7, 11) is 0. The molecule has 1 aliphatic heterocycles. The Morgan fingerprint density at radius 1 is 1.20 bits per heavy atom. The molecule has 0 fully saturated rings. The van der Waals surface area contributed by atoms with E-state index in [0.29, 0.717) is 18.0 Å². The van der Waals surface area contributed by atoms with Crippen molar-refractivity contribution in [1.29, 1.82) is 0 Å². The Bertz CT molecular complexity index is 880. The average Bonchev–Trinajstić information content (AvgIpc) is 3.20. The first-order valence-corrected chi connectivity index (χ1v) is 7.90. The molecule has 7 nitrogen and oxygen atoms in total. The standard InChI is InChI=1S/C18H16N4O3/c23-18(16-11-24-14-5-1-2-6-15(14)25-16)21-10-13-4-3-7-20-17(13)22-9-8-19-12-22/h1-9,12,16H,10-11H2,(H,21,23). The molecule has 25 heavy (non-hydrogen) atoms. The maximum Gasteiger partial charge on any atom is 0.264 e. The first-order valence-electron chi connectivity index (χ1n) is 7.90. The van der Waals surface area contributed by atoms with Gasteiger partial charge in [-0.2, -0.15) is 0 Å². The third-order valence-corrected chi connectivity index (χ3v) is 3.87. The molecule has 1 atom stereocenters. The molecule has 1 aliphatic rings. The second-order valence-electron chi connectivity index (χ2n) is 5.54. The molecule has 0 radical (unpaired) electrons. The molecular weight excluding hydrogens is 320 g/mol. The van der Waals surface area contributed by atoms with Crippen LogP contribution in [0.1, 0.15) is 5.56 Å². The van der Waals surface area contributed by atoms with Crippen molar-refractivity contribution in [2.45, 2.75) is 12.6 Å². The van der Waals surface area contributed by atoms with Crippen molar-refractivity contribution in [1.82, 2.24) is 19.9 Å². The van der Waals surface area contributed by atoms with Gasteiger partial charge in [0, 0.05) is 30.7 Å². The Morgan fingerprint density at radius 2 is 2.08 bits per heavy atom. The molecule has 7 heteroatoms. The molecule has 0 saturated heterocycles. The maximum absolute atomic E-state index is 12.4. The van der Waals surface area contributed by atoms with Crippen LogP contribution in [0, 0.1) is 0 Å². The molecule has 1 unspecified atom stereocenters. The summed E-state index contributed by atoms with van der Waals surface area (Å²) < 4.78 is 13.1. The maximum atomic E-state index is 12.4. The molecular formula is C18H16N4O3. The predicted octanol–water partition coefficient (Wildman–Crippen LogP) is 1.72. The number of carbonyl (C=O) groups excluding carboxylic acids is 1. The van der Waals surface area contributed by atoms with Crippen LogP contribution >= 0.6 is 0 Å². The molecule has 4 rings (SSSR count). The molecule has 0 bridgehead atoms. The lowest BCUT2D eigenvalue weighted by molar-refractivity contribution is -0.130. The van der Waals surface area contributed by atoms with E-state index < -0.39 is 6.10 Å². The van der Waals surface area contributed by atoms with Gasteiger partial charge in [-0.1, -0.05) is 18.2 Å². The van der Waals surface area contributed by atoms with Crippen LogP contribution in [0.25, 0.3) is 5.82 Å². The van der Waals surface area contributed by atoms with Crippen molar-refractivity contribution < 1.29 is 14.3 Å². The molecule has 2 aromatic heterocycles. The highest BCUT2D eigenvalue weighted by molar-refractivity contribution is 5.81. The van der Waals surface area contributed by atoms with E-state index in [1.165, 1.54) is 0 Å². The van der Waals surface area contributed by atoms with Gasteiger partial charge in [0.1, 0.15) is 18.8 Å². The molecule has 0 spiro atoms. The van der Waals surface area contributed by atoms with Crippen LogP contribution in [0.2, 0.25) is 0 Å². The SMILES string of the molecule is O=C(NCc1cccnc1-n1ccnc1)C1COc2ccccc2O1. The lowest BCUT2D eigenvalue weighted by atomic mass is 10.2. The number of ether oxygens (including phenoxy) is 2. The molecule has 3 heterocycles. The average molecular weight is 336 g/mol. The van der Waals surface area contributed by atoms with Crippen LogP contribution < -0.4 is 14.8 Å². The van der Waals surface area contributed by atoms with Gasteiger partial charge in [-0.3, -0.25) is 9.36 Å². The van der Waals surface area contributed by atoms with Crippen molar-refractivity contribution in [2.75, 3.05) is 6.61 Å². The van der Waals surface area contributed by atoms with Crippen molar-refractivity contribution in [3.05, 3.63) is 66.9 Å². The first kappa shape index (κ1) is 15.2. The Hall–Kier alpha value is -3.35. The number of pyridine rings is 1. The lowest BCUT2D eigenvalue weighted by Gasteiger charge is -2.25. The number of nitrogens with zero attached hydrogens (tertiary/aromatic N) is 3. The quantitative estimate of drug-likeness (QED) is 0.785. The summed E-state index contributed by atoms with van der Waals surface area (Å²) in [6.07, 6.45) is 6.19. The van der Waals surface area contributed by atoms with Gasteiger partial charge in [-0.15, -0.1) is 0 Å². The predicted molar refractivity (Wildman–Crippen MR) is 89.6 cm³/mol. The van der Waals surface area contributed by atoms with Crippen molar-refractivity contribution >= 4 is 5.91 Å². The molecule has 0 aliphatic carbocycles. The number of rotatable bonds is 4. The van der Waals surface area contributed by atoms with Crippen molar-refractivity contribution in [2.24, 2.45) is 0 Å². The minimum absolute atomic E-state index is 0.185. The number of hydrogen-bond donors (Lipinski definition) is 1. The van der Waals surface area contributed by atoms with Gasteiger partial charge >= 0.3 is 0 Å². The number of benzene rings is 1. The van der Waals surface area contributed by atoms with E-state index in [-0.39, 0.29) is 12.5 Å². The summed E-state index contributed by atoms with van der Waals surface area (Å²) in [5, 5.41) is 2.88. The number of amides is 1. The van der Waals surface area contributed by atoms with E-state index in [4.69, 9.17) is 9.47 Å². The van der Waals surface area contributed by atoms with Crippen LogP contribution in [0.4, 0.5) is 0 Å². The molecule has 1 N–H and O–H groups in total. The zero-order valence-corrected chi connectivity index (χ0v) is 13.3. The van der Waals surface area contributed by atoms with E-state index >= 15 is 0 Å². The fourth-order valence-corrected chi connectivity index (χ4v) is 2.63. The van der Waals surface area contributed by atoms with E-state index in [1.807, 2.05) is 36.5 Å². The third kappa shape index (κ3) is 3.16. The Labute approximate surface area is 144 Å². The summed E-state index contributed by atoms with van der Waals surface area (Å²) in [6.45, 7) is 0.520. The Kier molecular flexibility index (Phi) is 4.04. The number of para-hydroxylation sites is 2. The monoisotopic (exact) mass is 336 g/mol. The van der Waals surface area contributed by atoms with Crippen LogP contribution in [0.3, 0.4) is 0 Å². The fourth-order valence-electron chi connectivity index (χ4n) is 2.63. The summed E-state index contributed by atoms with van der Waals surface area (Å²) in [5.41, 5.74) is 0.881. The summed E-state index contributed by atoms with van der Waals surface area (Å²) in [5.74, 6) is 1.73. The van der Waals surface area contributed by atoms with Crippen LogP contribution in [0.15, 0.2) is 61.3 Å². The zero-order chi connectivity index (χ0) is 17.1. The van der Waals surface area contributed by atoms with E-state index in [1.54, 1.807) is 29.4 Å². The Balaban J connectivity index is 1.44. The molecule has 126 valence electrons. The van der Waals surface area contributed by atoms with E-state index in [2.05, 4.69) is 15.3 Å². The summed E-state index contributed by atoms with van der Waals surface area (Å²) in [6, 6.07) is 11.1. The number of hydrogen-bond acceptors (Lipinski definition) is 5. The van der Waals surface area contributed by atoms with Crippen molar-refractivity contribution in [3.63, 3.8) is 0 Å². The van der Waals surface area contributed by atoms with Gasteiger partial charge < -0.3 is 14.8 Å². The first-order chi connectivity index (χ1) is 12.3. The zero-order valence-electron chi connectivity index (χ0n) is 13.3. The molecule has 3 aromatic rings. The Morgan fingerprint density at radius 3 is 2.92 bits per heavy atom. The molecule has 1 aromatic carbocycles. The van der Waals surface area contributed by atoms with Crippen LogP contribution in [0.5, 0.6) is 11.5 Å². The fraction of sp³-hybridized carbons (Fsp3) is 0.167. The molecule has 0 saturated carbocycles. The smallest absolute Gasteiger partial charge is 0.264 e. The normalized spacial score (nSPS) is 15.6. The van der Waals surface area contributed by atoms with Gasteiger partial charge in [0.2, 0.25) is 6.10 Å². The van der Waals surface area contributed by atoms with Gasteiger partial charge in [-0.25, -0.2) is 9.97 Å². The topological polar surface area (TPSA) is 78.3 Å². The van der Waals surface area contributed by atoms with Crippen LogP contribution in [-0.2, 0) is 11.3 Å². The highest BCUT2D eigenvalue weighted by Gasteiger charge is 2.27. The summed E-state index contributed by atoms with van der Waals surface area (Å²) >= 11 is 0. The second-order valence-corrected chi connectivity index (χ2v) is 5.54. The van der Waals surface area contributed by atoms with Gasteiger partial charge in [0.05, 0.1) is 0 Å². The van der Waals surface area contributed by atoms with Crippen molar-refractivity contribution in [3.8, 4) is 17.3 Å².